The lowest BCUT2D eigenvalue weighted by Gasteiger charge is -2.10. The fraction of sp³-hybridized carbons (Fsp3) is 0.286. The Balaban J connectivity index is 1.79. The van der Waals surface area contributed by atoms with Crippen LogP contribution in [0, 0.1) is 5.13 Å². The topological polar surface area (TPSA) is 72.2 Å². The third-order valence-corrected chi connectivity index (χ3v) is 4.70. The minimum atomic E-state index is -0.439. The quantitative estimate of drug-likeness (QED) is 0.788. The minimum absolute atomic E-state index is 0.230. The van der Waals surface area contributed by atoms with Gasteiger partial charge < -0.3 is 0 Å². The number of hydrogen-bond donors (Lipinski definition) is 1. The molecule has 6 nitrogen and oxygen atoms in total. The summed E-state index contributed by atoms with van der Waals surface area (Å²) in [6, 6.07) is 1.87. The van der Waals surface area contributed by atoms with Gasteiger partial charge in [-0.15, -0.1) is 10.2 Å². The highest BCUT2D eigenvalue weighted by atomic mass is 32.1. The molecule has 0 bridgehead atoms. The molecule has 1 atom stereocenters. The number of pyridine rings is 1. The first-order chi connectivity index (χ1) is 10.6. The minimum Gasteiger partial charge on any atom is -0.298 e. The van der Waals surface area contributed by atoms with Gasteiger partial charge in [0.15, 0.2) is 15.9 Å². The van der Waals surface area contributed by atoms with Gasteiger partial charge in [-0.25, -0.2) is 4.98 Å². The number of carbonyl (C=O) groups is 1. The van der Waals surface area contributed by atoms with Gasteiger partial charge in [-0.05, 0) is 30.4 Å². The standard InChI is InChI=1S/C14H12FN5OS/c1-7-2-3-10-8(7)4-9(12-19-17-6-20(10)12)13(21)18-14-16-5-11(15)22-14/h4-7H,2-3H2,1H3,(H,16,18,21)/t7-/m0/s1. The smallest absolute Gasteiger partial charge is 0.261 e. The van der Waals surface area contributed by atoms with Crippen LogP contribution in [0.2, 0.25) is 0 Å². The van der Waals surface area contributed by atoms with E-state index in [1.165, 1.54) is 0 Å². The molecular weight excluding hydrogens is 305 g/mol. The van der Waals surface area contributed by atoms with Crippen molar-refractivity contribution in [2.24, 2.45) is 0 Å². The van der Waals surface area contributed by atoms with E-state index < -0.39 is 5.13 Å². The lowest BCUT2D eigenvalue weighted by molar-refractivity contribution is 0.102. The van der Waals surface area contributed by atoms with Crippen molar-refractivity contribution < 1.29 is 9.18 Å². The van der Waals surface area contributed by atoms with Crippen LogP contribution in [0.15, 0.2) is 18.6 Å². The van der Waals surface area contributed by atoms with Crippen molar-refractivity contribution in [3.05, 3.63) is 40.5 Å². The highest BCUT2D eigenvalue weighted by Crippen LogP contribution is 2.34. The maximum atomic E-state index is 13.0. The number of aryl methyl sites for hydroxylation is 1. The Morgan fingerprint density at radius 2 is 2.41 bits per heavy atom. The summed E-state index contributed by atoms with van der Waals surface area (Å²) >= 11 is 0.792. The summed E-state index contributed by atoms with van der Waals surface area (Å²) in [5, 5.41) is 10.4. The average molecular weight is 317 g/mol. The van der Waals surface area contributed by atoms with Crippen molar-refractivity contribution in [1.82, 2.24) is 19.6 Å². The normalized spacial score (nSPS) is 16.9. The van der Waals surface area contributed by atoms with Crippen LogP contribution >= 0.6 is 11.3 Å². The number of rotatable bonds is 2. The third kappa shape index (κ3) is 1.98. The van der Waals surface area contributed by atoms with Gasteiger partial charge in [0.05, 0.1) is 11.8 Å². The second-order valence-electron chi connectivity index (χ2n) is 5.35. The van der Waals surface area contributed by atoms with Gasteiger partial charge in [0, 0.05) is 5.69 Å². The SMILES string of the molecule is C[C@H]1CCc2c1cc(C(=O)Nc1ncc(F)s1)c1nncn21. The summed E-state index contributed by atoms with van der Waals surface area (Å²) in [5.41, 5.74) is 3.25. The van der Waals surface area contributed by atoms with E-state index in [0.29, 0.717) is 17.1 Å². The van der Waals surface area contributed by atoms with E-state index in [4.69, 9.17) is 0 Å². The Bertz CT molecular complexity index is 887. The van der Waals surface area contributed by atoms with Gasteiger partial charge in [-0.3, -0.25) is 14.5 Å². The van der Waals surface area contributed by atoms with Crippen molar-refractivity contribution in [3.8, 4) is 0 Å². The molecule has 0 radical (unpaired) electrons. The number of carbonyl (C=O) groups excluding carboxylic acids is 1. The summed E-state index contributed by atoms with van der Waals surface area (Å²) in [4.78, 5) is 16.3. The molecule has 4 rings (SSSR count). The second-order valence-corrected chi connectivity index (χ2v) is 6.33. The maximum absolute atomic E-state index is 13.0. The van der Waals surface area contributed by atoms with Crippen LogP contribution in [0.4, 0.5) is 9.52 Å². The van der Waals surface area contributed by atoms with Crippen molar-refractivity contribution in [3.63, 3.8) is 0 Å². The number of thiazole rings is 1. The Labute approximate surface area is 129 Å². The van der Waals surface area contributed by atoms with Crippen molar-refractivity contribution in [1.29, 1.82) is 0 Å². The molecule has 8 heteroatoms. The van der Waals surface area contributed by atoms with Crippen molar-refractivity contribution in [2.75, 3.05) is 5.32 Å². The number of nitrogens with one attached hydrogen (secondary N) is 1. The summed E-state index contributed by atoms with van der Waals surface area (Å²) < 4.78 is 14.9. The molecule has 0 unspecified atom stereocenters. The molecule has 22 heavy (non-hydrogen) atoms. The number of halogens is 1. The van der Waals surface area contributed by atoms with E-state index in [1.807, 2.05) is 10.5 Å². The van der Waals surface area contributed by atoms with Crippen LogP contribution in [0.5, 0.6) is 0 Å². The van der Waals surface area contributed by atoms with Crippen LogP contribution in [0.25, 0.3) is 5.65 Å². The lowest BCUT2D eigenvalue weighted by Crippen LogP contribution is -2.15. The summed E-state index contributed by atoms with van der Waals surface area (Å²) in [6.07, 6.45) is 4.71. The summed E-state index contributed by atoms with van der Waals surface area (Å²) in [5.74, 6) is 0.0416. The van der Waals surface area contributed by atoms with E-state index >= 15 is 0 Å². The van der Waals surface area contributed by atoms with Gasteiger partial charge in [0.25, 0.3) is 5.91 Å². The molecule has 0 fully saturated rings. The van der Waals surface area contributed by atoms with Crippen molar-refractivity contribution >= 4 is 28.0 Å². The van der Waals surface area contributed by atoms with Gasteiger partial charge in [0.2, 0.25) is 0 Å². The molecule has 0 saturated heterocycles. The Kier molecular flexibility index (Phi) is 2.93. The van der Waals surface area contributed by atoms with Gasteiger partial charge >= 0.3 is 0 Å². The zero-order valence-corrected chi connectivity index (χ0v) is 12.5. The predicted octanol–water partition coefficient (Wildman–Crippen LogP) is 2.63. The molecular formula is C14H12FN5OS. The monoisotopic (exact) mass is 317 g/mol. The first-order valence-corrected chi connectivity index (χ1v) is 7.73. The van der Waals surface area contributed by atoms with Crippen LogP contribution in [0.1, 0.15) is 40.9 Å². The number of fused-ring (bicyclic) bond motifs is 3. The van der Waals surface area contributed by atoms with Gasteiger partial charge in [0.1, 0.15) is 6.33 Å². The van der Waals surface area contributed by atoms with E-state index in [-0.39, 0.29) is 11.0 Å². The molecule has 0 aliphatic heterocycles. The van der Waals surface area contributed by atoms with Crippen LogP contribution in [-0.2, 0) is 6.42 Å². The van der Waals surface area contributed by atoms with E-state index in [1.54, 1.807) is 6.33 Å². The molecule has 1 N–H and O–H groups in total. The molecule has 0 aromatic carbocycles. The average Bonchev–Trinajstić information content (AvgIpc) is 3.19. The number of hydrogen-bond acceptors (Lipinski definition) is 5. The largest absolute Gasteiger partial charge is 0.298 e. The fourth-order valence-corrected chi connectivity index (χ4v) is 3.44. The van der Waals surface area contributed by atoms with E-state index in [0.717, 1.165) is 41.6 Å². The molecule has 112 valence electrons. The van der Waals surface area contributed by atoms with E-state index in [2.05, 4.69) is 27.4 Å². The Morgan fingerprint density at radius 3 is 3.18 bits per heavy atom. The maximum Gasteiger partial charge on any atom is 0.261 e. The molecule has 1 aliphatic rings. The zero-order chi connectivity index (χ0) is 15.3. The van der Waals surface area contributed by atoms with Crippen molar-refractivity contribution in [2.45, 2.75) is 25.7 Å². The van der Waals surface area contributed by atoms with Gasteiger partial charge in [-0.1, -0.05) is 18.3 Å². The first kappa shape index (κ1) is 13.3. The second kappa shape index (κ2) is 4.84. The molecule has 1 aliphatic carbocycles. The lowest BCUT2D eigenvalue weighted by atomic mass is 10.0. The predicted molar refractivity (Wildman–Crippen MR) is 79.7 cm³/mol. The third-order valence-electron chi connectivity index (χ3n) is 4.00. The van der Waals surface area contributed by atoms with Crippen LogP contribution in [0.3, 0.4) is 0 Å². The summed E-state index contributed by atoms with van der Waals surface area (Å²) in [6.45, 7) is 2.14. The van der Waals surface area contributed by atoms with Crippen LogP contribution < -0.4 is 5.32 Å². The highest BCUT2D eigenvalue weighted by Gasteiger charge is 2.26. The fourth-order valence-electron chi connectivity index (χ4n) is 2.90. The molecule has 1 amide bonds. The number of aromatic nitrogens is 4. The Hall–Kier alpha value is -2.35. The van der Waals surface area contributed by atoms with Crippen LogP contribution in [-0.4, -0.2) is 25.5 Å². The number of nitrogens with zero attached hydrogens (tertiary/aromatic N) is 4. The molecule has 3 heterocycles. The van der Waals surface area contributed by atoms with Gasteiger partial charge in [-0.2, -0.15) is 4.39 Å². The first-order valence-electron chi connectivity index (χ1n) is 6.91. The molecule has 0 saturated carbocycles. The molecule has 0 spiro atoms. The number of amides is 1. The number of anilines is 1. The Morgan fingerprint density at radius 1 is 1.55 bits per heavy atom. The zero-order valence-electron chi connectivity index (χ0n) is 11.7. The summed E-state index contributed by atoms with van der Waals surface area (Å²) in [7, 11) is 0. The highest BCUT2D eigenvalue weighted by molar-refractivity contribution is 7.14. The molecule has 3 aromatic rings. The molecule has 3 aromatic heterocycles. The van der Waals surface area contributed by atoms with E-state index in [9.17, 15) is 9.18 Å².